The number of sulfone groups is 1. The quantitative estimate of drug-likeness (QED) is 0.440. The molecule has 0 aromatic heterocycles. The maximum absolute atomic E-state index is 13.0. The normalized spacial score (nSPS) is 11.6. The monoisotopic (exact) mass is 541 g/mol. The first-order chi connectivity index (χ1) is 15.9. The predicted octanol–water partition coefficient (Wildman–Crippen LogP) is 4.27. The summed E-state index contributed by atoms with van der Waals surface area (Å²) in [5.74, 6) is -0.461. The number of hydrogen-bond acceptors (Lipinski definition) is 6. The predicted molar refractivity (Wildman–Crippen MR) is 135 cm³/mol. The zero-order valence-electron chi connectivity index (χ0n) is 18.1. The number of nitrogens with zero attached hydrogens (tertiary/aromatic N) is 1. The highest BCUT2D eigenvalue weighted by Gasteiger charge is 2.26. The van der Waals surface area contributed by atoms with Crippen LogP contribution in [0.4, 0.5) is 17.1 Å². The van der Waals surface area contributed by atoms with E-state index in [-0.39, 0.29) is 32.1 Å². The molecule has 3 aromatic rings. The maximum atomic E-state index is 13.0. The van der Waals surface area contributed by atoms with Gasteiger partial charge in [-0.25, -0.2) is 16.8 Å². The number of carbonyl (C=O) groups is 1. The standard InChI is InChI=1S/C22H21Cl2N3O5S2/c1-27(33(2,29)30)16-8-6-7-15(13-16)26-20(28)14-25-19-12-11-18(23)22(21(19)24)34(31,32)17-9-4-3-5-10-17/h3-13,25H,14H2,1-2H3,(H,26,28). The van der Waals surface area contributed by atoms with Gasteiger partial charge in [0, 0.05) is 12.7 Å². The van der Waals surface area contributed by atoms with E-state index in [0.717, 1.165) is 10.6 Å². The SMILES string of the molecule is CN(c1cccc(NC(=O)CNc2ccc(Cl)c(S(=O)(=O)c3ccccc3)c2Cl)c1)S(C)(=O)=O. The van der Waals surface area contributed by atoms with Crippen molar-refractivity contribution in [3.8, 4) is 0 Å². The van der Waals surface area contributed by atoms with Crippen LogP contribution in [0, 0.1) is 0 Å². The van der Waals surface area contributed by atoms with Crippen molar-refractivity contribution in [1.82, 2.24) is 0 Å². The lowest BCUT2D eigenvalue weighted by molar-refractivity contribution is -0.114. The van der Waals surface area contributed by atoms with Crippen molar-refractivity contribution in [2.24, 2.45) is 0 Å². The zero-order chi connectivity index (χ0) is 25.1. The van der Waals surface area contributed by atoms with Crippen LogP contribution in [0.5, 0.6) is 0 Å². The van der Waals surface area contributed by atoms with Gasteiger partial charge in [-0.05, 0) is 42.5 Å². The van der Waals surface area contributed by atoms with Crippen LogP contribution in [0.1, 0.15) is 0 Å². The molecule has 34 heavy (non-hydrogen) atoms. The van der Waals surface area contributed by atoms with E-state index in [4.69, 9.17) is 23.2 Å². The molecule has 1 amide bonds. The van der Waals surface area contributed by atoms with Gasteiger partial charge in [-0.2, -0.15) is 0 Å². The van der Waals surface area contributed by atoms with Crippen molar-refractivity contribution in [1.29, 1.82) is 0 Å². The Kier molecular flexibility index (Phi) is 7.77. The fourth-order valence-electron chi connectivity index (χ4n) is 2.98. The Balaban J connectivity index is 1.77. The van der Waals surface area contributed by atoms with Gasteiger partial charge in [0.25, 0.3) is 0 Å². The lowest BCUT2D eigenvalue weighted by atomic mass is 10.2. The topological polar surface area (TPSA) is 113 Å². The third-order valence-electron chi connectivity index (χ3n) is 4.80. The molecule has 3 rings (SSSR count). The second-order valence-electron chi connectivity index (χ2n) is 7.24. The summed E-state index contributed by atoms with van der Waals surface area (Å²) in [5.41, 5.74) is 0.973. The van der Waals surface area contributed by atoms with E-state index in [1.807, 2.05) is 0 Å². The number of anilines is 3. The number of halogens is 2. The van der Waals surface area contributed by atoms with Crippen LogP contribution in [0.25, 0.3) is 0 Å². The highest BCUT2D eigenvalue weighted by atomic mass is 35.5. The molecule has 0 radical (unpaired) electrons. The molecule has 12 heteroatoms. The molecular weight excluding hydrogens is 521 g/mol. The van der Waals surface area contributed by atoms with Crippen LogP contribution in [0.3, 0.4) is 0 Å². The third kappa shape index (κ3) is 5.82. The van der Waals surface area contributed by atoms with Crippen LogP contribution < -0.4 is 14.9 Å². The van der Waals surface area contributed by atoms with E-state index in [1.165, 1.54) is 37.4 Å². The fraction of sp³-hybridized carbons (Fsp3) is 0.136. The van der Waals surface area contributed by atoms with Gasteiger partial charge in [-0.3, -0.25) is 9.10 Å². The van der Waals surface area contributed by atoms with Gasteiger partial charge in [-0.15, -0.1) is 0 Å². The number of nitrogens with one attached hydrogen (secondary N) is 2. The molecule has 0 aliphatic carbocycles. The number of carbonyl (C=O) groups excluding carboxylic acids is 1. The average Bonchev–Trinajstić information content (AvgIpc) is 2.78. The van der Waals surface area contributed by atoms with Crippen molar-refractivity contribution < 1.29 is 21.6 Å². The lowest BCUT2D eigenvalue weighted by Gasteiger charge is -2.17. The Morgan fingerprint density at radius 2 is 1.62 bits per heavy atom. The molecule has 0 fully saturated rings. The van der Waals surface area contributed by atoms with Gasteiger partial charge < -0.3 is 10.6 Å². The molecule has 0 atom stereocenters. The largest absolute Gasteiger partial charge is 0.375 e. The molecule has 2 N–H and O–H groups in total. The second kappa shape index (κ2) is 10.2. The Bertz CT molecular complexity index is 1430. The first-order valence-electron chi connectivity index (χ1n) is 9.77. The van der Waals surface area contributed by atoms with Crippen LogP contribution in [-0.2, 0) is 24.7 Å². The van der Waals surface area contributed by atoms with Crippen molar-refractivity contribution in [3.63, 3.8) is 0 Å². The molecule has 0 saturated carbocycles. The van der Waals surface area contributed by atoms with Gasteiger partial charge in [0.05, 0.1) is 39.1 Å². The summed E-state index contributed by atoms with van der Waals surface area (Å²) in [5, 5.41) is 5.28. The zero-order valence-corrected chi connectivity index (χ0v) is 21.3. The van der Waals surface area contributed by atoms with Crippen LogP contribution in [0.2, 0.25) is 10.0 Å². The van der Waals surface area contributed by atoms with E-state index < -0.39 is 25.8 Å². The average molecular weight is 542 g/mol. The highest BCUT2D eigenvalue weighted by molar-refractivity contribution is 7.92. The molecule has 180 valence electrons. The summed E-state index contributed by atoms with van der Waals surface area (Å²) in [7, 11) is -6.05. The third-order valence-corrected chi connectivity index (χ3v) is 8.79. The minimum absolute atomic E-state index is 0.0348. The van der Waals surface area contributed by atoms with Gasteiger partial charge in [-0.1, -0.05) is 47.5 Å². The maximum Gasteiger partial charge on any atom is 0.243 e. The number of amides is 1. The Labute approximate surface area is 208 Å². The molecule has 0 unspecified atom stereocenters. The fourth-order valence-corrected chi connectivity index (χ4v) is 5.95. The van der Waals surface area contributed by atoms with Crippen LogP contribution in [0.15, 0.2) is 76.5 Å². The van der Waals surface area contributed by atoms with Gasteiger partial charge in [0.1, 0.15) is 4.90 Å². The van der Waals surface area contributed by atoms with Crippen molar-refractivity contribution in [2.45, 2.75) is 9.79 Å². The number of rotatable bonds is 8. The van der Waals surface area contributed by atoms with E-state index >= 15 is 0 Å². The summed E-state index contributed by atoms with van der Waals surface area (Å²) in [6, 6.07) is 16.9. The summed E-state index contributed by atoms with van der Waals surface area (Å²) in [4.78, 5) is 12.2. The summed E-state index contributed by atoms with van der Waals surface area (Å²) in [6.07, 6.45) is 1.07. The van der Waals surface area contributed by atoms with E-state index in [9.17, 15) is 21.6 Å². The van der Waals surface area contributed by atoms with Gasteiger partial charge in [0.15, 0.2) is 0 Å². The van der Waals surface area contributed by atoms with Crippen molar-refractivity contribution in [2.75, 3.05) is 34.8 Å². The first kappa shape index (κ1) is 25.8. The molecule has 0 heterocycles. The van der Waals surface area contributed by atoms with Crippen molar-refractivity contribution >= 4 is 66.0 Å². The summed E-state index contributed by atoms with van der Waals surface area (Å²) >= 11 is 12.5. The minimum Gasteiger partial charge on any atom is -0.375 e. The van der Waals surface area contributed by atoms with Gasteiger partial charge >= 0.3 is 0 Å². The molecule has 0 saturated heterocycles. The Morgan fingerprint density at radius 3 is 2.26 bits per heavy atom. The molecule has 0 bridgehead atoms. The first-order valence-corrected chi connectivity index (χ1v) is 13.9. The van der Waals surface area contributed by atoms with Crippen LogP contribution in [-0.4, -0.2) is 42.6 Å². The Morgan fingerprint density at radius 1 is 0.941 bits per heavy atom. The lowest BCUT2D eigenvalue weighted by Crippen LogP contribution is -2.25. The van der Waals surface area contributed by atoms with E-state index in [0.29, 0.717) is 11.4 Å². The minimum atomic E-state index is -3.99. The number of hydrogen-bond donors (Lipinski definition) is 2. The molecule has 8 nitrogen and oxygen atoms in total. The molecule has 3 aromatic carbocycles. The van der Waals surface area contributed by atoms with E-state index in [1.54, 1.807) is 36.4 Å². The number of benzene rings is 3. The second-order valence-corrected chi connectivity index (χ2v) is 11.9. The molecule has 0 aliphatic heterocycles. The summed E-state index contributed by atoms with van der Waals surface area (Å²) in [6.45, 7) is -0.238. The molecule has 0 spiro atoms. The smallest absolute Gasteiger partial charge is 0.243 e. The highest BCUT2D eigenvalue weighted by Crippen LogP contribution is 2.38. The van der Waals surface area contributed by atoms with Crippen LogP contribution >= 0.6 is 23.2 Å². The molecule has 0 aliphatic rings. The molecular formula is C22H21Cl2N3O5S2. The Hall–Kier alpha value is -2.79. The van der Waals surface area contributed by atoms with Gasteiger partial charge in [0.2, 0.25) is 25.8 Å². The summed E-state index contributed by atoms with van der Waals surface area (Å²) < 4.78 is 50.6. The van der Waals surface area contributed by atoms with E-state index in [2.05, 4.69) is 10.6 Å². The number of sulfonamides is 1. The van der Waals surface area contributed by atoms with Crippen molar-refractivity contribution in [3.05, 3.63) is 76.8 Å².